The standard InChI is InChI=1S/C12H11ClN2O/c1-8-7-9(13)4-5-10(8)15-12(16)11-3-2-6-14-11/h2-7,14H,1H3,(H,15,16). The van der Waals surface area contributed by atoms with E-state index in [1.54, 1.807) is 30.5 Å². The van der Waals surface area contributed by atoms with Crippen molar-refractivity contribution in [2.24, 2.45) is 0 Å². The van der Waals surface area contributed by atoms with Crippen molar-refractivity contribution in [2.75, 3.05) is 5.32 Å². The number of aromatic nitrogens is 1. The molecule has 1 amide bonds. The number of aryl methyl sites for hydroxylation is 1. The molecule has 0 spiro atoms. The second kappa shape index (κ2) is 4.41. The van der Waals surface area contributed by atoms with Crippen molar-refractivity contribution >= 4 is 23.2 Å². The number of benzene rings is 1. The summed E-state index contributed by atoms with van der Waals surface area (Å²) in [5.41, 5.74) is 2.24. The molecular formula is C12H11ClN2O. The Kier molecular flexibility index (Phi) is 2.97. The van der Waals surface area contributed by atoms with Crippen LogP contribution in [0.1, 0.15) is 16.1 Å². The molecule has 0 aliphatic rings. The van der Waals surface area contributed by atoms with Gasteiger partial charge in [-0.15, -0.1) is 0 Å². The Labute approximate surface area is 98.4 Å². The first kappa shape index (κ1) is 10.8. The normalized spacial score (nSPS) is 10.1. The van der Waals surface area contributed by atoms with Crippen molar-refractivity contribution in [2.45, 2.75) is 6.92 Å². The molecule has 0 aliphatic heterocycles. The van der Waals surface area contributed by atoms with Crippen LogP contribution in [0.15, 0.2) is 36.5 Å². The summed E-state index contributed by atoms with van der Waals surface area (Å²) in [6, 6.07) is 8.85. The van der Waals surface area contributed by atoms with Crippen LogP contribution in [-0.2, 0) is 0 Å². The molecule has 82 valence electrons. The Morgan fingerprint density at radius 2 is 2.19 bits per heavy atom. The first-order valence-corrected chi connectivity index (χ1v) is 5.25. The summed E-state index contributed by atoms with van der Waals surface area (Å²) < 4.78 is 0. The molecule has 1 aromatic heterocycles. The number of amides is 1. The van der Waals surface area contributed by atoms with Gasteiger partial charge in [-0.25, -0.2) is 0 Å². The summed E-state index contributed by atoms with van der Waals surface area (Å²) in [6.45, 7) is 1.90. The van der Waals surface area contributed by atoms with Crippen molar-refractivity contribution in [1.29, 1.82) is 0 Å². The van der Waals surface area contributed by atoms with E-state index in [1.807, 2.05) is 13.0 Å². The van der Waals surface area contributed by atoms with Gasteiger partial charge >= 0.3 is 0 Å². The summed E-state index contributed by atoms with van der Waals surface area (Å²) in [7, 11) is 0. The van der Waals surface area contributed by atoms with Crippen LogP contribution in [0.25, 0.3) is 0 Å². The van der Waals surface area contributed by atoms with Gasteiger partial charge in [-0.2, -0.15) is 0 Å². The summed E-state index contributed by atoms with van der Waals surface area (Å²) in [6.07, 6.45) is 1.71. The fourth-order valence-electron chi connectivity index (χ4n) is 1.43. The highest BCUT2D eigenvalue weighted by Gasteiger charge is 2.07. The van der Waals surface area contributed by atoms with Gasteiger partial charge in [0, 0.05) is 16.9 Å². The van der Waals surface area contributed by atoms with Crippen LogP contribution in [0.4, 0.5) is 5.69 Å². The predicted molar refractivity (Wildman–Crippen MR) is 64.9 cm³/mol. The maximum absolute atomic E-state index is 11.7. The highest BCUT2D eigenvalue weighted by atomic mass is 35.5. The van der Waals surface area contributed by atoms with Crippen LogP contribution in [0, 0.1) is 6.92 Å². The van der Waals surface area contributed by atoms with E-state index in [1.165, 1.54) is 0 Å². The van der Waals surface area contributed by atoms with E-state index >= 15 is 0 Å². The zero-order chi connectivity index (χ0) is 11.5. The number of hydrogen-bond acceptors (Lipinski definition) is 1. The van der Waals surface area contributed by atoms with E-state index in [9.17, 15) is 4.79 Å². The minimum Gasteiger partial charge on any atom is -0.357 e. The van der Waals surface area contributed by atoms with Crippen molar-refractivity contribution in [3.8, 4) is 0 Å². The Bertz CT molecular complexity index is 506. The van der Waals surface area contributed by atoms with Crippen LogP contribution in [-0.4, -0.2) is 10.9 Å². The van der Waals surface area contributed by atoms with Gasteiger partial charge in [0.1, 0.15) is 5.69 Å². The largest absolute Gasteiger partial charge is 0.357 e. The van der Waals surface area contributed by atoms with Gasteiger partial charge in [0.2, 0.25) is 0 Å². The molecule has 2 rings (SSSR count). The zero-order valence-electron chi connectivity index (χ0n) is 8.75. The molecule has 0 fully saturated rings. The molecule has 0 saturated carbocycles. The summed E-state index contributed by atoms with van der Waals surface area (Å²) in [4.78, 5) is 14.6. The minimum atomic E-state index is -0.157. The molecule has 4 heteroatoms. The lowest BCUT2D eigenvalue weighted by Gasteiger charge is -2.07. The molecule has 1 heterocycles. The van der Waals surface area contributed by atoms with Gasteiger partial charge in [0.05, 0.1) is 0 Å². The van der Waals surface area contributed by atoms with Gasteiger partial charge in [-0.1, -0.05) is 11.6 Å². The van der Waals surface area contributed by atoms with Gasteiger partial charge in [-0.05, 0) is 42.8 Å². The van der Waals surface area contributed by atoms with Crippen LogP contribution in [0.5, 0.6) is 0 Å². The lowest BCUT2D eigenvalue weighted by Crippen LogP contribution is -2.12. The maximum atomic E-state index is 11.7. The smallest absolute Gasteiger partial charge is 0.272 e. The third kappa shape index (κ3) is 2.25. The van der Waals surface area contributed by atoms with Crippen LogP contribution in [0.2, 0.25) is 5.02 Å². The third-order valence-corrected chi connectivity index (χ3v) is 2.51. The van der Waals surface area contributed by atoms with Gasteiger partial charge in [0.15, 0.2) is 0 Å². The molecule has 16 heavy (non-hydrogen) atoms. The summed E-state index contributed by atoms with van der Waals surface area (Å²) >= 11 is 5.83. The van der Waals surface area contributed by atoms with E-state index < -0.39 is 0 Å². The lowest BCUT2D eigenvalue weighted by atomic mass is 10.2. The molecule has 2 N–H and O–H groups in total. The zero-order valence-corrected chi connectivity index (χ0v) is 9.51. The second-order valence-corrected chi connectivity index (χ2v) is 3.93. The Balaban J connectivity index is 2.18. The predicted octanol–water partition coefficient (Wildman–Crippen LogP) is 3.23. The van der Waals surface area contributed by atoms with Crippen LogP contribution < -0.4 is 5.32 Å². The number of carbonyl (C=O) groups excluding carboxylic acids is 1. The van der Waals surface area contributed by atoms with Gasteiger partial charge in [0.25, 0.3) is 5.91 Å². The van der Waals surface area contributed by atoms with Crippen molar-refractivity contribution in [3.05, 3.63) is 52.8 Å². The van der Waals surface area contributed by atoms with E-state index in [4.69, 9.17) is 11.6 Å². The second-order valence-electron chi connectivity index (χ2n) is 3.50. The Hall–Kier alpha value is -1.74. The number of anilines is 1. The van der Waals surface area contributed by atoms with Crippen LogP contribution in [0.3, 0.4) is 0 Å². The minimum absolute atomic E-state index is 0.157. The molecule has 3 nitrogen and oxygen atoms in total. The van der Waals surface area contributed by atoms with Crippen molar-refractivity contribution in [1.82, 2.24) is 4.98 Å². The average Bonchev–Trinajstić information content (AvgIpc) is 2.75. The fraction of sp³-hybridized carbons (Fsp3) is 0.0833. The first-order valence-electron chi connectivity index (χ1n) is 4.88. The Morgan fingerprint density at radius 1 is 1.38 bits per heavy atom. The number of halogens is 1. The highest BCUT2D eigenvalue weighted by molar-refractivity contribution is 6.30. The maximum Gasteiger partial charge on any atom is 0.272 e. The van der Waals surface area contributed by atoms with E-state index in [2.05, 4.69) is 10.3 Å². The SMILES string of the molecule is Cc1cc(Cl)ccc1NC(=O)c1ccc[nH]1. The van der Waals surface area contributed by atoms with Gasteiger partial charge in [-0.3, -0.25) is 4.79 Å². The summed E-state index contributed by atoms with van der Waals surface area (Å²) in [5.74, 6) is -0.157. The molecule has 2 aromatic rings. The van der Waals surface area contributed by atoms with E-state index in [0.717, 1.165) is 11.3 Å². The van der Waals surface area contributed by atoms with Crippen molar-refractivity contribution in [3.63, 3.8) is 0 Å². The van der Waals surface area contributed by atoms with Crippen LogP contribution >= 0.6 is 11.6 Å². The molecular weight excluding hydrogens is 224 g/mol. The summed E-state index contributed by atoms with van der Waals surface area (Å²) in [5, 5.41) is 3.47. The number of H-pyrrole nitrogens is 1. The lowest BCUT2D eigenvalue weighted by molar-refractivity contribution is 0.102. The molecule has 1 aromatic carbocycles. The topological polar surface area (TPSA) is 44.9 Å². The number of aromatic amines is 1. The molecule has 0 bridgehead atoms. The molecule has 0 saturated heterocycles. The number of rotatable bonds is 2. The Morgan fingerprint density at radius 3 is 2.81 bits per heavy atom. The quantitative estimate of drug-likeness (QED) is 0.823. The molecule has 0 atom stereocenters. The number of carbonyl (C=O) groups is 1. The molecule has 0 radical (unpaired) electrons. The van der Waals surface area contributed by atoms with E-state index in [-0.39, 0.29) is 5.91 Å². The van der Waals surface area contributed by atoms with Crippen molar-refractivity contribution < 1.29 is 4.79 Å². The molecule has 0 aliphatic carbocycles. The number of nitrogens with one attached hydrogen (secondary N) is 2. The van der Waals surface area contributed by atoms with Gasteiger partial charge < -0.3 is 10.3 Å². The third-order valence-electron chi connectivity index (χ3n) is 2.28. The fourth-order valence-corrected chi connectivity index (χ4v) is 1.66. The first-order chi connectivity index (χ1) is 7.66. The van der Waals surface area contributed by atoms with E-state index in [0.29, 0.717) is 10.7 Å². The highest BCUT2D eigenvalue weighted by Crippen LogP contribution is 2.19. The average molecular weight is 235 g/mol. The molecule has 0 unspecified atom stereocenters. The monoisotopic (exact) mass is 234 g/mol. The number of hydrogen-bond donors (Lipinski definition) is 2.